The molecule has 0 unspecified atom stereocenters. The predicted molar refractivity (Wildman–Crippen MR) is 52.2 cm³/mol. The van der Waals surface area contributed by atoms with Crippen LogP contribution in [-0.4, -0.2) is 6.29 Å². The van der Waals surface area contributed by atoms with Gasteiger partial charge in [-0.2, -0.15) is 0 Å². The van der Waals surface area contributed by atoms with Gasteiger partial charge in [-0.1, -0.05) is 20.8 Å². The Morgan fingerprint density at radius 2 is 1.69 bits per heavy atom. The van der Waals surface area contributed by atoms with Gasteiger partial charge >= 0.3 is 0 Å². The monoisotopic (exact) mass is 180 g/mol. The van der Waals surface area contributed by atoms with Crippen molar-refractivity contribution < 1.29 is 9.21 Å². The molecule has 0 atom stereocenters. The first-order chi connectivity index (χ1) is 6.28. The second kappa shape index (κ2) is 4.26. The maximum atomic E-state index is 10.7. The largest absolute Gasteiger partial charge is 0.458 e. The molecule has 0 aliphatic rings. The number of aldehydes is 1. The van der Waals surface area contributed by atoms with E-state index in [2.05, 4.69) is 13.8 Å². The topological polar surface area (TPSA) is 30.2 Å². The third kappa shape index (κ3) is 1.67. The van der Waals surface area contributed by atoms with Crippen LogP contribution in [0.5, 0.6) is 0 Å². The standard InChI is InChI=1S/C11H16O2/c1-4-8-9(5-2)11(7-12)13-10(8)6-3/h7H,4-6H2,1-3H3. The number of furan rings is 1. The van der Waals surface area contributed by atoms with Gasteiger partial charge in [0.2, 0.25) is 0 Å². The van der Waals surface area contributed by atoms with Gasteiger partial charge in [0.15, 0.2) is 12.0 Å². The highest BCUT2D eigenvalue weighted by Crippen LogP contribution is 2.23. The number of rotatable bonds is 4. The highest BCUT2D eigenvalue weighted by atomic mass is 16.3. The van der Waals surface area contributed by atoms with Crippen molar-refractivity contribution in [3.8, 4) is 0 Å². The molecule has 0 N–H and O–H groups in total. The fraction of sp³-hybridized carbons (Fsp3) is 0.545. The van der Waals surface area contributed by atoms with Crippen LogP contribution >= 0.6 is 0 Å². The average molecular weight is 180 g/mol. The van der Waals surface area contributed by atoms with Gasteiger partial charge in [-0.05, 0) is 18.4 Å². The zero-order chi connectivity index (χ0) is 9.84. The van der Waals surface area contributed by atoms with Crippen LogP contribution in [0.3, 0.4) is 0 Å². The van der Waals surface area contributed by atoms with Gasteiger partial charge in [0.25, 0.3) is 0 Å². The third-order valence-corrected chi connectivity index (χ3v) is 2.37. The van der Waals surface area contributed by atoms with Crippen molar-refractivity contribution >= 4 is 6.29 Å². The fourth-order valence-corrected chi connectivity index (χ4v) is 1.75. The minimum atomic E-state index is 0.524. The normalized spacial score (nSPS) is 10.4. The van der Waals surface area contributed by atoms with Gasteiger partial charge in [-0.15, -0.1) is 0 Å². The van der Waals surface area contributed by atoms with Crippen LogP contribution in [0.4, 0.5) is 0 Å². The van der Waals surface area contributed by atoms with Crippen LogP contribution in [0.2, 0.25) is 0 Å². The molecule has 0 saturated heterocycles. The molecule has 0 aliphatic heterocycles. The Bertz CT molecular complexity index is 297. The van der Waals surface area contributed by atoms with Gasteiger partial charge in [0, 0.05) is 12.0 Å². The Labute approximate surface area is 78.9 Å². The number of hydrogen-bond acceptors (Lipinski definition) is 2. The molecule has 0 fully saturated rings. The number of carbonyl (C=O) groups is 1. The van der Waals surface area contributed by atoms with Gasteiger partial charge in [-0.3, -0.25) is 4.79 Å². The lowest BCUT2D eigenvalue weighted by atomic mass is 10.0. The third-order valence-electron chi connectivity index (χ3n) is 2.37. The second-order valence-corrected chi connectivity index (χ2v) is 3.03. The minimum Gasteiger partial charge on any atom is -0.458 e. The first kappa shape index (κ1) is 10.0. The van der Waals surface area contributed by atoms with E-state index in [0.717, 1.165) is 36.9 Å². The summed E-state index contributed by atoms with van der Waals surface area (Å²) in [5, 5.41) is 0. The Balaban J connectivity index is 3.25. The fourth-order valence-electron chi connectivity index (χ4n) is 1.75. The number of carbonyl (C=O) groups excluding carboxylic acids is 1. The lowest BCUT2D eigenvalue weighted by Gasteiger charge is -1.97. The van der Waals surface area contributed by atoms with Gasteiger partial charge < -0.3 is 4.42 Å². The smallest absolute Gasteiger partial charge is 0.185 e. The summed E-state index contributed by atoms with van der Waals surface area (Å²) in [6.07, 6.45) is 3.51. The van der Waals surface area contributed by atoms with E-state index in [-0.39, 0.29) is 0 Å². The van der Waals surface area contributed by atoms with E-state index in [0.29, 0.717) is 5.76 Å². The number of aryl methyl sites for hydroxylation is 1. The molecule has 0 aliphatic carbocycles. The van der Waals surface area contributed by atoms with Gasteiger partial charge in [0.05, 0.1) is 0 Å². The zero-order valence-corrected chi connectivity index (χ0v) is 8.52. The second-order valence-electron chi connectivity index (χ2n) is 3.03. The Hall–Kier alpha value is -1.05. The first-order valence-corrected chi connectivity index (χ1v) is 4.86. The molecule has 72 valence electrons. The van der Waals surface area contributed by atoms with Crippen LogP contribution in [-0.2, 0) is 19.3 Å². The Morgan fingerprint density at radius 3 is 2.08 bits per heavy atom. The molecule has 0 aromatic carbocycles. The summed E-state index contributed by atoms with van der Waals surface area (Å²) >= 11 is 0. The van der Waals surface area contributed by atoms with Crippen molar-refractivity contribution in [2.45, 2.75) is 40.0 Å². The van der Waals surface area contributed by atoms with Crippen molar-refractivity contribution in [2.24, 2.45) is 0 Å². The van der Waals surface area contributed by atoms with E-state index in [1.807, 2.05) is 6.92 Å². The van der Waals surface area contributed by atoms with E-state index in [4.69, 9.17) is 4.42 Å². The lowest BCUT2D eigenvalue weighted by Crippen LogP contribution is -1.91. The lowest BCUT2D eigenvalue weighted by molar-refractivity contribution is 0.109. The summed E-state index contributed by atoms with van der Waals surface area (Å²) in [5.74, 6) is 1.50. The van der Waals surface area contributed by atoms with Crippen LogP contribution < -0.4 is 0 Å². The number of hydrogen-bond donors (Lipinski definition) is 0. The molecule has 2 heteroatoms. The van der Waals surface area contributed by atoms with Gasteiger partial charge in [-0.25, -0.2) is 0 Å². The maximum Gasteiger partial charge on any atom is 0.185 e. The Morgan fingerprint density at radius 1 is 1.08 bits per heavy atom. The molecule has 13 heavy (non-hydrogen) atoms. The van der Waals surface area contributed by atoms with Crippen LogP contribution in [0.1, 0.15) is 48.2 Å². The summed E-state index contributed by atoms with van der Waals surface area (Å²) in [6, 6.07) is 0. The van der Waals surface area contributed by atoms with Crippen molar-refractivity contribution in [3.05, 3.63) is 22.6 Å². The molecule has 1 aromatic heterocycles. The minimum absolute atomic E-state index is 0.524. The quantitative estimate of drug-likeness (QED) is 0.667. The molecule has 2 nitrogen and oxygen atoms in total. The first-order valence-electron chi connectivity index (χ1n) is 4.86. The summed E-state index contributed by atoms with van der Waals surface area (Å²) < 4.78 is 5.46. The van der Waals surface area contributed by atoms with Crippen LogP contribution in [0.25, 0.3) is 0 Å². The average Bonchev–Trinajstić information content (AvgIpc) is 2.54. The summed E-state index contributed by atoms with van der Waals surface area (Å²) in [7, 11) is 0. The molecule has 0 amide bonds. The van der Waals surface area contributed by atoms with Crippen LogP contribution in [0.15, 0.2) is 4.42 Å². The molecule has 0 saturated carbocycles. The molecular formula is C11H16O2. The van der Waals surface area contributed by atoms with Crippen molar-refractivity contribution in [2.75, 3.05) is 0 Å². The molecule has 1 heterocycles. The Kier molecular flexibility index (Phi) is 3.29. The van der Waals surface area contributed by atoms with Crippen LogP contribution in [0, 0.1) is 0 Å². The predicted octanol–water partition coefficient (Wildman–Crippen LogP) is 2.78. The molecule has 1 rings (SSSR count). The van der Waals surface area contributed by atoms with E-state index in [9.17, 15) is 4.79 Å². The van der Waals surface area contributed by atoms with E-state index in [1.54, 1.807) is 0 Å². The maximum absolute atomic E-state index is 10.7. The van der Waals surface area contributed by atoms with E-state index < -0.39 is 0 Å². The van der Waals surface area contributed by atoms with Gasteiger partial charge in [0.1, 0.15) is 5.76 Å². The van der Waals surface area contributed by atoms with Crippen molar-refractivity contribution in [3.63, 3.8) is 0 Å². The highest BCUT2D eigenvalue weighted by molar-refractivity contribution is 5.74. The summed E-state index contributed by atoms with van der Waals surface area (Å²) in [4.78, 5) is 10.7. The summed E-state index contributed by atoms with van der Waals surface area (Å²) in [6.45, 7) is 6.19. The van der Waals surface area contributed by atoms with E-state index in [1.165, 1.54) is 5.56 Å². The van der Waals surface area contributed by atoms with Crippen molar-refractivity contribution in [1.29, 1.82) is 0 Å². The highest BCUT2D eigenvalue weighted by Gasteiger charge is 2.15. The molecule has 0 bridgehead atoms. The molecule has 0 spiro atoms. The summed E-state index contributed by atoms with van der Waals surface area (Å²) in [5.41, 5.74) is 2.32. The van der Waals surface area contributed by atoms with E-state index >= 15 is 0 Å². The van der Waals surface area contributed by atoms with Crippen molar-refractivity contribution in [1.82, 2.24) is 0 Å². The SMILES string of the molecule is CCc1oc(C=O)c(CC)c1CC. The molecular weight excluding hydrogens is 164 g/mol. The molecule has 1 aromatic rings. The molecule has 0 radical (unpaired) electrons. The zero-order valence-electron chi connectivity index (χ0n) is 8.52.